The summed E-state index contributed by atoms with van der Waals surface area (Å²) in [7, 11) is 0. The molecule has 0 N–H and O–H groups in total. The highest BCUT2D eigenvalue weighted by molar-refractivity contribution is 5.49. The maximum Gasteiger partial charge on any atom is 0.416 e. The molecule has 2 aromatic carbocycles. The van der Waals surface area contributed by atoms with Gasteiger partial charge in [-0.3, -0.25) is 0 Å². The normalized spacial score (nSPS) is 16.6. The van der Waals surface area contributed by atoms with Crippen molar-refractivity contribution < 1.29 is 27.4 Å². The van der Waals surface area contributed by atoms with Crippen molar-refractivity contribution in [3.05, 3.63) is 64.7 Å². The summed E-state index contributed by atoms with van der Waals surface area (Å²) in [6.45, 7) is 0.301. The van der Waals surface area contributed by atoms with Crippen LogP contribution in [0.2, 0.25) is 0 Å². The van der Waals surface area contributed by atoms with Gasteiger partial charge in [0.15, 0.2) is 0 Å². The van der Waals surface area contributed by atoms with Crippen molar-refractivity contribution in [2.24, 2.45) is 0 Å². The fourth-order valence-corrected chi connectivity index (χ4v) is 3.30. The van der Waals surface area contributed by atoms with Gasteiger partial charge in [0.1, 0.15) is 18.6 Å². The summed E-state index contributed by atoms with van der Waals surface area (Å²) < 4.78 is 50.5. The quantitative estimate of drug-likeness (QED) is 0.515. The molecule has 0 fully saturated rings. The fraction of sp³-hybridized carbons (Fsp3) is 0.381. The van der Waals surface area contributed by atoms with Crippen LogP contribution in [0.25, 0.3) is 0 Å². The molecular formula is C21H21F3O3. The third-order valence-corrected chi connectivity index (χ3v) is 4.67. The van der Waals surface area contributed by atoms with Crippen molar-refractivity contribution in [1.82, 2.24) is 0 Å². The van der Waals surface area contributed by atoms with E-state index in [1.807, 2.05) is 12.1 Å². The van der Waals surface area contributed by atoms with Gasteiger partial charge in [0.05, 0.1) is 18.3 Å². The number of aryl methyl sites for hydroxylation is 1. The molecule has 0 aromatic heterocycles. The van der Waals surface area contributed by atoms with E-state index in [2.05, 4.69) is 0 Å². The lowest BCUT2D eigenvalue weighted by molar-refractivity contribution is -0.138. The molecule has 1 atom stereocenters. The largest absolute Gasteiger partial charge is 0.489 e. The highest BCUT2D eigenvalue weighted by Gasteiger charge is 2.33. The summed E-state index contributed by atoms with van der Waals surface area (Å²) in [4.78, 5) is 10.4. The van der Waals surface area contributed by atoms with Gasteiger partial charge in [0.25, 0.3) is 0 Å². The third-order valence-electron chi connectivity index (χ3n) is 4.67. The molecule has 3 nitrogen and oxygen atoms in total. The zero-order chi connectivity index (χ0) is 19.3. The Morgan fingerprint density at radius 2 is 1.93 bits per heavy atom. The Morgan fingerprint density at radius 1 is 1.11 bits per heavy atom. The topological polar surface area (TPSA) is 35.5 Å². The van der Waals surface area contributed by atoms with E-state index in [9.17, 15) is 18.0 Å². The maximum atomic E-state index is 13.1. The van der Waals surface area contributed by atoms with Gasteiger partial charge in [-0.15, -0.1) is 0 Å². The van der Waals surface area contributed by atoms with E-state index in [1.54, 1.807) is 12.1 Å². The Morgan fingerprint density at radius 3 is 2.70 bits per heavy atom. The molecule has 0 bridgehead atoms. The van der Waals surface area contributed by atoms with Gasteiger partial charge in [0, 0.05) is 12.0 Å². The molecule has 0 heterocycles. The zero-order valence-corrected chi connectivity index (χ0v) is 14.8. The predicted molar refractivity (Wildman–Crippen MR) is 94.7 cm³/mol. The summed E-state index contributed by atoms with van der Waals surface area (Å²) in [6, 6.07) is 11.1. The van der Waals surface area contributed by atoms with E-state index in [4.69, 9.17) is 9.47 Å². The van der Waals surface area contributed by atoms with Gasteiger partial charge in [0.2, 0.25) is 0 Å². The lowest BCUT2D eigenvalue weighted by atomic mass is 9.89. The van der Waals surface area contributed by atoms with Gasteiger partial charge in [-0.1, -0.05) is 24.3 Å². The Balaban J connectivity index is 1.63. The van der Waals surface area contributed by atoms with E-state index < -0.39 is 11.7 Å². The average Bonchev–Trinajstić information content (AvgIpc) is 2.66. The number of aldehydes is 1. The van der Waals surface area contributed by atoms with E-state index in [0.717, 1.165) is 42.7 Å². The lowest BCUT2D eigenvalue weighted by Crippen LogP contribution is -2.23. The molecule has 0 amide bonds. The smallest absolute Gasteiger partial charge is 0.416 e. The number of fused-ring (bicyclic) bond motifs is 1. The van der Waals surface area contributed by atoms with E-state index in [1.165, 1.54) is 12.1 Å². The molecule has 27 heavy (non-hydrogen) atoms. The summed E-state index contributed by atoms with van der Waals surface area (Å²) in [5.41, 5.74) is 1.73. The Kier molecular flexibility index (Phi) is 6.16. The second kappa shape index (κ2) is 8.57. The number of benzene rings is 2. The minimum absolute atomic E-state index is 0.0999. The van der Waals surface area contributed by atoms with Gasteiger partial charge in [-0.05, 0) is 48.6 Å². The Bertz CT molecular complexity index is 786. The van der Waals surface area contributed by atoms with Crippen LogP contribution in [0.5, 0.6) is 5.75 Å². The van der Waals surface area contributed by atoms with Crippen LogP contribution >= 0.6 is 0 Å². The molecule has 3 rings (SSSR count). The van der Waals surface area contributed by atoms with Crippen molar-refractivity contribution in [2.45, 2.75) is 44.6 Å². The second-order valence-corrected chi connectivity index (χ2v) is 6.57. The summed E-state index contributed by atoms with van der Waals surface area (Å²) in [6.07, 6.45) is -0.612. The first kappa shape index (κ1) is 19.4. The van der Waals surface area contributed by atoms with Crippen LogP contribution < -0.4 is 4.74 Å². The number of carbonyl (C=O) groups excluding carboxylic acids is 1. The van der Waals surface area contributed by atoms with Crippen molar-refractivity contribution in [1.29, 1.82) is 0 Å². The minimum Gasteiger partial charge on any atom is -0.489 e. The molecule has 1 aliphatic carbocycles. The van der Waals surface area contributed by atoms with E-state index in [0.29, 0.717) is 18.8 Å². The fourth-order valence-electron chi connectivity index (χ4n) is 3.30. The van der Waals surface area contributed by atoms with Gasteiger partial charge in [-0.25, -0.2) is 0 Å². The van der Waals surface area contributed by atoms with Gasteiger partial charge in [-0.2, -0.15) is 13.2 Å². The second-order valence-electron chi connectivity index (χ2n) is 6.57. The lowest BCUT2D eigenvalue weighted by Gasteiger charge is -2.25. The zero-order valence-electron chi connectivity index (χ0n) is 14.8. The first-order valence-corrected chi connectivity index (χ1v) is 8.92. The van der Waals surface area contributed by atoms with E-state index in [-0.39, 0.29) is 18.3 Å². The number of halogens is 3. The summed E-state index contributed by atoms with van der Waals surface area (Å²) >= 11 is 0. The van der Waals surface area contributed by atoms with Crippen molar-refractivity contribution >= 4 is 6.29 Å². The van der Waals surface area contributed by atoms with Crippen LogP contribution in [0, 0.1) is 0 Å². The van der Waals surface area contributed by atoms with Crippen molar-refractivity contribution in [3.8, 4) is 5.75 Å². The van der Waals surface area contributed by atoms with Crippen LogP contribution in [0.15, 0.2) is 42.5 Å². The predicted octanol–water partition coefficient (Wildman–Crippen LogP) is 4.75. The average molecular weight is 378 g/mol. The van der Waals surface area contributed by atoms with Crippen LogP contribution in [0.3, 0.4) is 0 Å². The molecule has 0 spiro atoms. The standard InChI is InChI=1S/C21H21F3O3/c22-21(23,24)20-5-2-1-4-17(20)14-27-19-9-7-15-12-18(26-11-3-10-25)8-6-16(15)13-19/h1-2,4-5,7,9-10,13,18H,3,6,8,11-12,14H2. The molecule has 144 valence electrons. The Labute approximate surface area is 156 Å². The molecule has 1 unspecified atom stereocenters. The number of carbonyl (C=O) groups is 1. The molecule has 2 aromatic rings. The highest BCUT2D eigenvalue weighted by atomic mass is 19.4. The number of hydrogen-bond donors (Lipinski definition) is 0. The molecule has 0 aliphatic heterocycles. The molecule has 6 heteroatoms. The molecule has 1 aliphatic rings. The molecule has 0 saturated heterocycles. The van der Waals surface area contributed by atoms with Crippen LogP contribution in [0.4, 0.5) is 13.2 Å². The minimum atomic E-state index is -4.39. The first-order valence-electron chi connectivity index (χ1n) is 8.92. The van der Waals surface area contributed by atoms with E-state index >= 15 is 0 Å². The summed E-state index contributed by atoms with van der Waals surface area (Å²) in [5, 5.41) is 0. The maximum absolute atomic E-state index is 13.1. The van der Waals surface area contributed by atoms with Crippen LogP contribution in [0.1, 0.15) is 35.1 Å². The monoisotopic (exact) mass is 378 g/mol. The Hall–Kier alpha value is -2.34. The van der Waals surface area contributed by atoms with Gasteiger partial charge >= 0.3 is 6.18 Å². The van der Waals surface area contributed by atoms with Gasteiger partial charge < -0.3 is 14.3 Å². The number of hydrogen-bond acceptors (Lipinski definition) is 3. The molecule has 0 radical (unpaired) electrons. The van der Waals surface area contributed by atoms with Crippen molar-refractivity contribution in [2.75, 3.05) is 6.61 Å². The SMILES string of the molecule is O=CCCOC1CCc2cc(OCc3ccccc3C(F)(F)F)ccc2C1. The van der Waals surface area contributed by atoms with Crippen molar-refractivity contribution in [3.63, 3.8) is 0 Å². The van der Waals surface area contributed by atoms with Crippen LogP contribution in [-0.2, 0) is 35.2 Å². The number of rotatable bonds is 7. The first-order chi connectivity index (χ1) is 13.0. The third kappa shape index (κ3) is 5.10. The summed E-state index contributed by atoms with van der Waals surface area (Å²) in [5.74, 6) is 0.561. The number of alkyl halides is 3. The number of ether oxygens (including phenoxy) is 2. The van der Waals surface area contributed by atoms with Crippen LogP contribution in [-0.4, -0.2) is 19.0 Å². The highest BCUT2D eigenvalue weighted by Crippen LogP contribution is 2.33. The molecule has 0 saturated carbocycles. The molecular weight excluding hydrogens is 357 g/mol.